The van der Waals surface area contributed by atoms with Gasteiger partial charge in [0.2, 0.25) is 0 Å². The van der Waals surface area contributed by atoms with Gasteiger partial charge in [0.1, 0.15) is 0 Å². The van der Waals surface area contributed by atoms with Crippen LogP contribution in [0.4, 0.5) is 0 Å². The Hall–Kier alpha value is -1.15. The van der Waals surface area contributed by atoms with E-state index in [1.807, 2.05) is 19.1 Å². The molecular weight excluding hydrogens is 212 g/mol. The van der Waals surface area contributed by atoms with Crippen molar-refractivity contribution in [2.24, 2.45) is 5.41 Å². The molecule has 0 spiro atoms. The molecule has 0 aromatic rings. The molecule has 0 aromatic carbocycles. The summed E-state index contributed by atoms with van der Waals surface area (Å²) in [6.45, 7) is 6.15. The lowest BCUT2D eigenvalue weighted by molar-refractivity contribution is -0.111. The standard InChI is InChI=1S/C15H22O2/c1-12-5-4-6-13(11-16)7-9-15(2,3)10-8-14(12)17/h5,7-8,10,16H,4,6,9,11H2,1-3H3/b10-8+,12-5+,13-7-. The zero-order valence-electron chi connectivity index (χ0n) is 11.0. The maximum Gasteiger partial charge on any atom is 0.180 e. The normalized spacial score (nSPS) is 29.5. The smallest absolute Gasteiger partial charge is 0.180 e. The summed E-state index contributed by atoms with van der Waals surface area (Å²) in [6.07, 6.45) is 10.2. The monoisotopic (exact) mass is 234 g/mol. The zero-order valence-corrected chi connectivity index (χ0v) is 11.0. The molecule has 1 aliphatic carbocycles. The minimum absolute atomic E-state index is 0.0410. The molecule has 0 bridgehead atoms. The van der Waals surface area contributed by atoms with E-state index >= 15 is 0 Å². The summed E-state index contributed by atoms with van der Waals surface area (Å²) < 4.78 is 0. The summed E-state index contributed by atoms with van der Waals surface area (Å²) in [5, 5.41) is 9.25. The highest BCUT2D eigenvalue weighted by Crippen LogP contribution is 2.25. The first kappa shape index (κ1) is 13.9. The van der Waals surface area contributed by atoms with Crippen LogP contribution in [0.25, 0.3) is 0 Å². The maximum atomic E-state index is 11.8. The average molecular weight is 234 g/mol. The van der Waals surface area contributed by atoms with Crippen LogP contribution < -0.4 is 0 Å². The molecule has 1 aliphatic rings. The largest absolute Gasteiger partial charge is 0.392 e. The minimum atomic E-state index is -0.0410. The molecule has 0 saturated heterocycles. The van der Waals surface area contributed by atoms with Gasteiger partial charge in [-0.3, -0.25) is 4.79 Å². The number of hydrogen-bond acceptors (Lipinski definition) is 2. The van der Waals surface area contributed by atoms with Crippen molar-refractivity contribution in [1.29, 1.82) is 0 Å². The molecular formula is C15H22O2. The van der Waals surface area contributed by atoms with Crippen LogP contribution in [0.15, 0.2) is 35.5 Å². The topological polar surface area (TPSA) is 37.3 Å². The van der Waals surface area contributed by atoms with E-state index in [0.29, 0.717) is 0 Å². The van der Waals surface area contributed by atoms with Gasteiger partial charge in [0.15, 0.2) is 5.78 Å². The summed E-state index contributed by atoms with van der Waals surface area (Å²) >= 11 is 0. The van der Waals surface area contributed by atoms with E-state index < -0.39 is 0 Å². The van der Waals surface area contributed by atoms with Gasteiger partial charge in [-0.2, -0.15) is 0 Å². The number of aliphatic hydroxyl groups excluding tert-OH is 1. The third-order valence-corrected chi connectivity index (χ3v) is 3.11. The Labute approximate surface area is 104 Å². The summed E-state index contributed by atoms with van der Waals surface area (Å²) in [7, 11) is 0. The highest BCUT2D eigenvalue weighted by molar-refractivity contribution is 6.03. The quantitative estimate of drug-likeness (QED) is 0.707. The molecule has 94 valence electrons. The van der Waals surface area contributed by atoms with Crippen molar-refractivity contribution in [2.75, 3.05) is 6.61 Å². The summed E-state index contributed by atoms with van der Waals surface area (Å²) in [5.41, 5.74) is 1.81. The second-order valence-electron chi connectivity index (χ2n) is 5.34. The van der Waals surface area contributed by atoms with Crippen LogP contribution in [0.1, 0.15) is 40.0 Å². The molecule has 17 heavy (non-hydrogen) atoms. The maximum absolute atomic E-state index is 11.8. The summed E-state index contributed by atoms with van der Waals surface area (Å²) in [6, 6.07) is 0. The van der Waals surface area contributed by atoms with Crippen molar-refractivity contribution < 1.29 is 9.90 Å². The van der Waals surface area contributed by atoms with Gasteiger partial charge in [0.25, 0.3) is 0 Å². The van der Waals surface area contributed by atoms with Crippen LogP contribution in [-0.2, 0) is 4.79 Å². The molecule has 0 radical (unpaired) electrons. The highest BCUT2D eigenvalue weighted by atomic mass is 16.3. The Morgan fingerprint density at radius 3 is 2.71 bits per heavy atom. The zero-order chi connectivity index (χ0) is 12.9. The molecule has 0 aliphatic heterocycles. The molecule has 1 rings (SSSR count). The fourth-order valence-electron chi connectivity index (χ4n) is 1.73. The van der Waals surface area contributed by atoms with Crippen molar-refractivity contribution in [2.45, 2.75) is 40.0 Å². The molecule has 2 nitrogen and oxygen atoms in total. The third-order valence-electron chi connectivity index (χ3n) is 3.11. The first-order valence-corrected chi connectivity index (χ1v) is 6.14. The van der Waals surface area contributed by atoms with Crippen LogP contribution in [0.3, 0.4) is 0 Å². The fraction of sp³-hybridized carbons (Fsp3) is 0.533. The number of aliphatic hydroxyl groups is 1. The number of carbonyl (C=O) groups excluding carboxylic acids is 1. The summed E-state index contributed by atoms with van der Waals surface area (Å²) in [5.74, 6) is 0.0884. The molecule has 0 saturated carbocycles. The van der Waals surface area contributed by atoms with Gasteiger partial charge in [-0.1, -0.05) is 32.1 Å². The lowest BCUT2D eigenvalue weighted by Crippen LogP contribution is -2.07. The van der Waals surface area contributed by atoms with E-state index in [4.69, 9.17) is 0 Å². The predicted octanol–water partition coefficient (Wildman–Crippen LogP) is 3.19. The summed E-state index contributed by atoms with van der Waals surface area (Å²) in [4.78, 5) is 11.8. The average Bonchev–Trinajstić information content (AvgIpc) is 2.31. The van der Waals surface area contributed by atoms with Crippen LogP contribution in [0.5, 0.6) is 0 Å². The first-order valence-electron chi connectivity index (χ1n) is 6.14. The number of allylic oxidation sites excluding steroid dienone is 5. The number of carbonyl (C=O) groups is 1. The van der Waals surface area contributed by atoms with Gasteiger partial charge >= 0.3 is 0 Å². The van der Waals surface area contributed by atoms with Gasteiger partial charge in [-0.25, -0.2) is 0 Å². The molecule has 0 fully saturated rings. The van der Waals surface area contributed by atoms with E-state index in [-0.39, 0.29) is 17.8 Å². The third kappa shape index (κ3) is 4.70. The van der Waals surface area contributed by atoms with Gasteiger partial charge in [-0.15, -0.1) is 0 Å². The van der Waals surface area contributed by atoms with Gasteiger partial charge < -0.3 is 5.11 Å². The van der Waals surface area contributed by atoms with Crippen LogP contribution >= 0.6 is 0 Å². The molecule has 1 N–H and O–H groups in total. The SMILES string of the molecule is C/C1=C\CC/C(CO)=C/CC(C)(C)/C=C/C1=O. The Balaban J connectivity index is 2.97. The van der Waals surface area contributed by atoms with Crippen LogP contribution in [-0.4, -0.2) is 17.5 Å². The lowest BCUT2D eigenvalue weighted by atomic mass is 9.87. The number of hydrogen-bond donors (Lipinski definition) is 1. The van der Waals surface area contributed by atoms with Crippen molar-refractivity contribution >= 4 is 5.78 Å². The van der Waals surface area contributed by atoms with Gasteiger partial charge in [0.05, 0.1) is 6.61 Å². The van der Waals surface area contributed by atoms with Crippen molar-refractivity contribution in [3.05, 3.63) is 35.5 Å². The predicted molar refractivity (Wildman–Crippen MR) is 70.7 cm³/mol. The molecule has 0 aromatic heterocycles. The first-order chi connectivity index (χ1) is 7.94. The molecule has 0 amide bonds. The Kier molecular flexibility index (Phi) is 4.88. The van der Waals surface area contributed by atoms with E-state index in [9.17, 15) is 9.90 Å². The Morgan fingerprint density at radius 1 is 1.35 bits per heavy atom. The Morgan fingerprint density at radius 2 is 2.06 bits per heavy atom. The van der Waals surface area contributed by atoms with E-state index in [0.717, 1.165) is 30.4 Å². The number of ketones is 1. The van der Waals surface area contributed by atoms with E-state index in [1.54, 1.807) is 6.08 Å². The van der Waals surface area contributed by atoms with Crippen LogP contribution in [0.2, 0.25) is 0 Å². The van der Waals surface area contributed by atoms with Crippen molar-refractivity contribution in [1.82, 2.24) is 0 Å². The van der Waals surface area contributed by atoms with Gasteiger partial charge in [0, 0.05) is 0 Å². The highest BCUT2D eigenvalue weighted by Gasteiger charge is 2.14. The van der Waals surface area contributed by atoms with E-state index in [1.165, 1.54) is 0 Å². The molecule has 0 unspecified atom stereocenters. The second kappa shape index (κ2) is 5.97. The fourth-order valence-corrected chi connectivity index (χ4v) is 1.73. The molecule has 2 heteroatoms. The second-order valence-corrected chi connectivity index (χ2v) is 5.34. The van der Waals surface area contributed by atoms with Crippen molar-refractivity contribution in [3.8, 4) is 0 Å². The lowest BCUT2D eigenvalue weighted by Gasteiger charge is -2.18. The molecule has 0 atom stereocenters. The molecule has 0 heterocycles. The Bertz CT molecular complexity index is 370. The van der Waals surface area contributed by atoms with Gasteiger partial charge in [-0.05, 0) is 48.8 Å². The van der Waals surface area contributed by atoms with Crippen LogP contribution in [0, 0.1) is 5.41 Å². The van der Waals surface area contributed by atoms with Crippen molar-refractivity contribution in [3.63, 3.8) is 0 Å². The number of rotatable bonds is 1. The minimum Gasteiger partial charge on any atom is -0.392 e. The van der Waals surface area contributed by atoms with E-state index in [2.05, 4.69) is 19.9 Å².